The van der Waals surface area contributed by atoms with Gasteiger partial charge in [0.25, 0.3) is 5.91 Å². The van der Waals surface area contributed by atoms with Gasteiger partial charge in [0, 0.05) is 23.7 Å². The minimum atomic E-state index is -4.04. The van der Waals surface area contributed by atoms with Gasteiger partial charge in [-0.1, -0.05) is 36.7 Å². The van der Waals surface area contributed by atoms with E-state index in [-0.39, 0.29) is 24.0 Å². The average molecular weight is 645 g/mol. The number of carboxylic acid groups (broad SMARTS) is 1. The molecule has 1 saturated carbocycles. The van der Waals surface area contributed by atoms with Gasteiger partial charge in [-0.05, 0) is 105 Å². The Morgan fingerprint density at radius 3 is 2.66 bits per heavy atom. The molecule has 5 atom stereocenters. The van der Waals surface area contributed by atoms with E-state index >= 15 is 0 Å². The molecule has 3 aliphatic rings. The normalized spacial score (nSPS) is 29.8. The monoisotopic (exact) mass is 644 g/mol. The van der Waals surface area contributed by atoms with Crippen LogP contribution in [0.1, 0.15) is 73.9 Å². The van der Waals surface area contributed by atoms with Crippen LogP contribution >= 0.6 is 11.6 Å². The summed E-state index contributed by atoms with van der Waals surface area (Å²) in [6, 6.07) is 10.7. The first-order valence-electron chi connectivity index (χ1n) is 15.3. The summed E-state index contributed by atoms with van der Waals surface area (Å²) < 4.78 is 35.1. The molecular weight excluding hydrogens is 604 g/mol. The maximum atomic E-state index is 13.3. The first-order valence-corrected chi connectivity index (χ1v) is 17.3. The van der Waals surface area contributed by atoms with E-state index in [0.29, 0.717) is 42.4 Å². The van der Waals surface area contributed by atoms with E-state index in [1.807, 2.05) is 18.2 Å². The van der Waals surface area contributed by atoms with Crippen molar-refractivity contribution in [2.45, 2.75) is 76.3 Å². The van der Waals surface area contributed by atoms with Crippen molar-refractivity contribution >= 4 is 39.2 Å². The molecule has 2 bridgehead atoms. The Bertz CT molecular complexity index is 1540. The lowest BCUT2D eigenvalue weighted by Crippen LogP contribution is -2.51. The number of ether oxygens (including phenoxy) is 1. The molecule has 0 spiro atoms. The number of allylic oxidation sites excluding steroid dienone is 1. The number of anilines is 1. The van der Waals surface area contributed by atoms with Crippen molar-refractivity contribution in [1.82, 2.24) is 4.72 Å². The van der Waals surface area contributed by atoms with Crippen LogP contribution in [-0.2, 0) is 27.8 Å². The van der Waals surface area contributed by atoms with Crippen LogP contribution < -0.4 is 14.4 Å². The highest BCUT2D eigenvalue weighted by molar-refractivity contribution is 7.90. The van der Waals surface area contributed by atoms with Crippen LogP contribution in [0, 0.1) is 17.8 Å². The molecule has 9 nitrogen and oxygen atoms in total. The van der Waals surface area contributed by atoms with Gasteiger partial charge in [-0.25, -0.2) is 13.1 Å². The SMILES string of the molecule is C[C@@H]1[C@@H](C)C/C=C/C(O)(CC(=O)O)[C@@H]2CC[C@H]2CN2CCCCc3cc(Cl)ccc3COc3ccc(cc32)C(=O)NS1(=O)=O. The molecule has 2 aromatic carbocycles. The number of aryl methyl sites for hydroxylation is 1. The number of fused-ring (bicyclic) bond motifs is 3. The predicted molar refractivity (Wildman–Crippen MR) is 170 cm³/mol. The number of rotatable bonds is 2. The third-order valence-electron chi connectivity index (χ3n) is 9.63. The Hall–Kier alpha value is -3.08. The molecule has 2 heterocycles. The number of nitrogens with one attached hydrogen (secondary N) is 1. The van der Waals surface area contributed by atoms with Crippen LogP contribution in [0.3, 0.4) is 0 Å². The number of benzene rings is 2. The van der Waals surface area contributed by atoms with E-state index < -0.39 is 45.1 Å². The lowest BCUT2D eigenvalue weighted by molar-refractivity contribution is -0.145. The van der Waals surface area contributed by atoms with Crippen molar-refractivity contribution < 1.29 is 33.0 Å². The van der Waals surface area contributed by atoms with Crippen LogP contribution in [-0.4, -0.2) is 54.4 Å². The zero-order valence-electron chi connectivity index (χ0n) is 25.2. The van der Waals surface area contributed by atoms with Gasteiger partial charge in [0.15, 0.2) is 0 Å². The van der Waals surface area contributed by atoms with Gasteiger partial charge in [-0.2, -0.15) is 0 Å². The Kier molecular flexibility index (Phi) is 9.63. The lowest BCUT2D eigenvalue weighted by atomic mass is 9.63. The van der Waals surface area contributed by atoms with Crippen LogP contribution in [0.2, 0.25) is 5.02 Å². The summed E-state index contributed by atoms with van der Waals surface area (Å²) >= 11 is 6.30. The maximum Gasteiger partial charge on any atom is 0.306 e. The number of amides is 1. The summed E-state index contributed by atoms with van der Waals surface area (Å²) in [5, 5.41) is 21.2. The van der Waals surface area contributed by atoms with Crippen molar-refractivity contribution in [1.29, 1.82) is 0 Å². The number of carbonyl (C=O) groups is 2. The van der Waals surface area contributed by atoms with Gasteiger partial charge in [-0.15, -0.1) is 0 Å². The molecule has 5 rings (SSSR count). The number of hydrogen-bond donors (Lipinski definition) is 3. The van der Waals surface area contributed by atoms with Gasteiger partial charge in [0.2, 0.25) is 10.0 Å². The van der Waals surface area contributed by atoms with E-state index in [0.717, 1.165) is 36.8 Å². The molecule has 2 aromatic rings. The molecule has 0 radical (unpaired) electrons. The largest absolute Gasteiger partial charge is 0.487 e. The standard InChI is InChI=1S/C33H41ClN2O7S/c1-21-6-5-14-33(40,18-31(37)38)28-12-9-25(28)19-36-15-4-3-7-23-16-27(34)11-8-26(23)20-43-30-13-10-24(17-29(30)36)32(39)35-44(41,42)22(21)2/h5,8,10-11,13-14,16-17,21-22,25,28,40H,3-4,6-7,9,12,15,18-20H2,1-2H3,(H,35,39)(H,37,38)/b14-5+/t21-,22+,25-,28+,33?/m0/s1. The molecule has 1 fully saturated rings. The predicted octanol–water partition coefficient (Wildman–Crippen LogP) is 5.34. The van der Waals surface area contributed by atoms with Crippen molar-refractivity contribution in [3.05, 3.63) is 70.3 Å². The second-order valence-electron chi connectivity index (χ2n) is 12.6. The Morgan fingerprint density at radius 1 is 1.14 bits per heavy atom. The van der Waals surface area contributed by atoms with Crippen molar-refractivity contribution in [2.75, 3.05) is 18.0 Å². The first kappa shape index (κ1) is 32.3. The molecule has 1 amide bonds. The van der Waals surface area contributed by atoms with E-state index in [1.165, 1.54) is 0 Å². The zero-order valence-corrected chi connectivity index (χ0v) is 26.7. The summed E-state index contributed by atoms with van der Waals surface area (Å²) in [5.74, 6) is -1.94. The third kappa shape index (κ3) is 7.08. The number of carbonyl (C=O) groups excluding carboxylic acids is 1. The van der Waals surface area contributed by atoms with Crippen LogP contribution in [0.4, 0.5) is 5.69 Å². The molecule has 0 saturated heterocycles. The Morgan fingerprint density at radius 2 is 1.93 bits per heavy atom. The fraction of sp³-hybridized carbons (Fsp3) is 0.515. The van der Waals surface area contributed by atoms with Crippen molar-refractivity contribution in [3.8, 4) is 5.75 Å². The number of hydrogen-bond acceptors (Lipinski definition) is 7. The molecule has 238 valence electrons. The molecule has 0 aromatic heterocycles. The molecule has 1 aliphatic carbocycles. The fourth-order valence-electron chi connectivity index (χ4n) is 6.63. The molecule has 11 heteroatoms. The number of carboxylic acids is 1. The number of aliphatic carboxylic acids is 1. The van der Waals surface area contributed by atoms with Crippen LogP contribution in [0.5, 0.6) is 5.75 Å². The summed E-state index contributed by atoms with van der Waals surface area (Å²) in [6.45, 7) is 4.73. The quantitative estimate of drug-likeness (QED) is 0.373. The molecule has 1 unspecified atom stereocenters. The van der Waals surface area contributed by atoms with Crippen LogP contribution in [0.15, 0.2) is 48.6 Å². The van der Waals surface area contributed by atoms with Gasteiger partial charge in [-0.3, -0.25) is 9.59 Å². The summed E-state index contributed by atoms with van der Waals surface area (Å²) in [7, 11) is -4.04. The number of aliphatic hydroxyl groups is 1. The molecule has 2 aliphatic heterocycles. The fourth-order valence-corrected chi connectivity index (χ4v) is 8.11. The average Bonchev–Trinajstić information content (AvgIpc) is 2.96. The second-order valence-corrected chi connectivity index (χ2v) is 15.1. The van der Waals surface area contributed by atoms with Gasteiger partial charge < -0.3 is 19.8 Å². The zero-order chi connectivity index (χ0) is 31.6. The van der Waals surface area contributed by atoms with Crippen molar-refractivity contribution in [2.24, 2.45) is 17.8 Å². The highest BCUT2D eigenvalue weighted by Crippen LogP contribution is 2.46. The summed E-state index contributed by atoms with van der Waals surface area (Å²) in [5.41, 5.74) is 1.42. The number of nitrogens with zero attached hydrogens (tertiary/aromatic N) is 1. The Balaban J connectivity index is 1.58. The molecule has 3 N–H and O–H groups in total. The van der Waals surface area contributed by atoms with Crippen molar-refractivity contribution in [3.63, 3.8) is 0 Å². The maximum absolute atomic E-state index is 13.3. The number of sulfonamides is 1. The Labute approximate surface area is 264 Å². The van der Waals surface area contributed by atoms with E-state index in [2.05, 4.69) is 9.62 Å². The van der Waals surface area contributed by atoms with Gasteiger partial charge in [0.05, 0.1) is 23.0 Å². The first-order chi connectivity index (χ1) is 20.9. The molecule has 44 heavy (non-hydrogen) atoms. The smallest absolute Gasteiger partial charge is 0.306 e. The topological polar surface area (TPSA) is 133 Å². The van der Waals surface area contributed by atoms with Gasteiger partial charge in [0.1, 0.15) is 12.4 Å². The lowest BCUT2D eigenvalue weighted by Gasteiger charge is -2.47. The summed E-state index contributed by atoms with van der Waals surface area (Å²) in [4.78, 5) is 27.4. The van der Waals surface area contributed by atoms with Gasteiger partial charge >= 0.3 is 5.97 Å². The molecular formula is C33H41ClN2O7S. The number of halogens is 1. The highest BCUT2D eigenvalue weighted by Gasteiger charge is 2.47. The second kappa shape index (κ2) is 13.1. The minimum Gasteiger partial charge on any atom is -0.487 e. The summed E-state index contributed by atoms with van der Waals surface area (Å²) in [6.07, 6.45) is 7.13. The highest BCUT2D eigenvalue weighted by atomic mass is 35.5. The third-order valence-corrected chi connectivity index (χ3v) is 11.8. The van der Waals surface area contributed by atoms with Crippen LogP contribution in [0.25, 0.3) is 0 Å². The van der Waals surface area contributed by atoms with E-state index in [1.54, 1.807) is 44.2 Å². The van der Waals surface area contributed by atoms with E-state index in [9.17, 15) is 28.2 Å². The minimum absolute atomic E-state index is 0.0000882. The van der Waals surface area contributed by atoms with E-state index in [4.69, 9.17) is 16.3 Å².